The molecule has 0 unspecified atom stereocenters. The largest absolute Gasteiger partial charge is 0.366 e. The highest BCUT2D eigenvalue weighted by molar-refractivity contribution is 6.42. The van der Waals surface area contributed by atoms with Gasteiger partial charge in [0.05, 0.1) is 21.1 Å². The number of nitrogens with two attached hydrogens (primary N) is 1. The highest BCUT2D eigenvalue weighted by atomic mass is 35.5. The van der Waals surface area contributed by atoms with Crippen LogP contribution in [0.25, 0.3) is 32.9 Å². The first-order valence-electron chi connectivity index (χ1n) is 14.0. The number of likely N-dealkylation sites (tertiary alicyclic amines) is 1. The second-order valence-corrected chi connectivity index (χ2v) is 11.7. The molecule has 0 bridgehead atoms. The molecule has 2 aliphatic heterocycles. The maximum absolute atomic E-state index is 13.4. The molecule has 2 saturated heterocycles. The fourth-order valence-electron chi connectivity index (χ4n) is 6.00. The first kappa shape index (κ1) is 27.1. The zero-order valence-corrected chi connectivity index (χ0v) is 23.9. The van der Waals surface area contributed by atoms with E-state index < -0.39 is 5.91 Å². The summed E-state index contributed by atoms with van der Waals surface area (Å²) in [6, 6.07) is 14.8. The number of hydrogen-bond donors (Lipinski definition) is 2. The summed E-state index contributed by atoms with van der Waals surface area (Å²) in [6.07, 6.45) is 3.98. The summed E-state index contributed by atoms with van der Waals surface area (Å²) in [5.74, 6) is -0.504. The van der Waals surface area contributed by atoms with Crippen LogP contribution in [0.2, 0.25) is 10.0 Å². The Kier molecular flexibility index (Phi) is 7.73. The molecular formula is C31H33Cl2N5O2. The van der Waals surface area contributed by atoms with Crippen molar-refractivity contribution in [3.63, 3.8) is 0 Å². The van der Waals surface area contributed by atoms with Gasteiger partial charge in [-0.25, -0.2) is 0 Å². The lowest BCUT2D eigenvalue weighted by atomic mass is 9.98. The zero-order valence-electron chi connectivity index (χ0n) is 22.4. The number of carbonyl (C=O) groups is 2. The third-order valence-corrected chi connectivity index (χ3v) is 9.05. The van der Waals surface area contributed by atoms with Crippen LogP contribution in [0.5, 0.6) is 0 Å². The van der Waals surface area contributed by atoms with E-state index in [2.05, 4.69) is 14.8 Å². The molecule has 2 amide bonds. The van der Waals surface area contributed by atoms with Crippen molar-refractivity contribution in [3.05, 3.63) is 69.7 Å². The minimum Gasteiger partial charge on any atom is -0.366 e. The van der Waals surface area contributed by atoms with Gasteiger partial charge in [-0.1, -0.05) is 41.8 Å². The van der Waals surface area contributed by atoms with Gasteiger partial charge in [0.1, 0.15) is 0 Å². The van der Waals surface area contributed by atoms with Gasteiger partial charge in [0, 0.05) is 61.1 Å². The minimum atomic E-state index is -0.534. The molecule has 0 spiro atoms. The number of nitrogens with one attached hydrogen (secondary N) is 1. The summed E-state index contributed by atoms with van der Waals surface area (Å²) in [6.45, 7) is 7.85. The van der Waals surface area contributed by atoms with Crippen LogP contribution in [0, 0.1) is 0 Å². The van der Waals surface area contributed by atoms with Crippen LogP contribution in [0.3, 0.4) is 0 Å². The van der Waals surface area contributed by atoms with Crippen LogP contribution in [0.4, 0.5) is 0 Å². The van der Waals surface area contributed by atoms with Gasteiger partial charge in [-0.15, -0.1) is 0 Å². The molecule has 9 heteroatoms. The van der Waals surface area contributed by atoms with Gasteiger partial charge in [-0.3, -0.25) is 14.5 Å². The number of piperidine rings is 1. The van der Waals surface area contributed by atoms with Crippen molar-refractivity contribution < 1.29 is 9.59 Å². The predicted molar refractivity (Wildman–Crippen MR) is 162 cm³/mol. The molecule has 1 aromatic heterocycles. The van der Waals surface area contributed by atoms with Crippen LogP contribution in [0.15, 0.2) is 48.5 Å². The Labute approximate surface area is 243 Å². The fraction of sp³-hybridized carbons (Fsp3) is 0.355. The third kappa shape index (κ3) is 5.44. The first-order valence-corrected chi connectivity index (χ1v) is 14.7. The third-order valence-electron chi connectivity index (χ3n) is 8.31. The number of fused-ring (bicyclic) bond motifs is 3. The lowest BCUT2D eigenvalue weighted by molar-refractivity contribution is 0.0619. The lowest BCUT2D eigenvalue weighted by Crippen LogP contribution is -2.50. The molecule has 3 heterocycles. The van der Waals surface area contributed by atoms with E-state index in [4.69, 9.17) is 28.9 Å². The maximum Gasteiger partial charge on any atom is 0.254 e. The van der Waals surface area contributed by atoms with E-state index in [1.165, 1.54) is 32.4 Å². The second kappa shape index (κ2) is 11.4. The highest BCUT2D eigenvalue weighted by Gasteiger charge is 2.24. The number of rotatable bonds is 6. The molecule has 208 valence electrons. The van der Waals surface area contributed by atoms with Gasteiger partial charge in [0.25, 0.3) is 11.8 Å². The molecular weight excluding hydrogens is 545 g/mol. The summed E-state index contributed by atoms with van der Waals surface area (Å²) in [5.41, 5.74) is 9.86. The van der Waals surface area contributed by atoms with E-state index in [9.17, 15) is 9.59 Å². The number of hydrogen-bond acceptors (Lipinski definition) is 4. The van der Waals surface area contributed by atoms with Gasteiger partial charge >= 0.3 is 0 Å². The number of H-pyrrole nitrogens is 1. The van der Waals surface area contributed by atoms with Crippen molar-refractivity contribution in [2.75, 3.05) is 52.4 Å². The molecule has 6 rings (SSSR count). The minimum absolute atomic E-state index is 0.0304. The molecule has 7 nitrogen and oxygen atoms in total. The molecule has 0 aliphatic carbocycles. The summed E-state index contributed by atoms with van der Waals surface area (Å²) >= 11 is 12.4. The smallest absolute Gasteiger partial charge is 0.254 e. The van der Waals surface area contributed by atoms with E-state index in [-0.39, 0.29) is 5.91 Å². The number of aromatic nitrogens is 1. The molecule has 2 fully saturated rings. The Bertz CT molecular complexity index is 1590. The van der Waals surface area contributed by atoms with Gasteiger partial charge in [0.2, 0.25) is 0 Å². The Morgan fingerprint density at radius 1 is 0.750 bits per heavy atom. The zero-order chi connectivity index (χ0) is 27.8. The van der Waals surface area contributed by atoms with Crippen LogP contribution < -0.4 is 5.73 Å². The van der Waals surface area contributed by atoms with E-state index in [1.54, 1.807) is 18.2 Å². The van der Waals surface area contributed by atoms with Crippen LogP contribution in [0.1, 0.15) is 40.0 Å². The number of piperazine rings is 1. The van der Waals surface area contributed by atoms with Crippen molar-refractivity contribution in [2.24, 2.45) is 5.73 Å². The van der Waals surface area contributed by atoms with Crippen LogP contribution >= 0.6 is 23.2 Å². The normalized spacial score (nSPS) is 17.1. The Morgan fingerprint density at radius 3 is 2.17 bits per heavy atom. The van der Waals surface area contributed by atoms with E-state index in [0.29, 0.717) is 26.7 Å². The number of benzene rings is 3. The number of primary amides is 1. The average molecular weight is 579 g/mol. The molecule has 3 aromatic carbocycles. The summed E-state index contributed by atoms with van der Waals surface area (Å²) < 4.78 is 0. The average Bonchev–Trinajstić information content (AvgIpc) is 3.35. The summed E-state index contributed by atoms with van der Waals surface area (Å²) in [7, 11) is 0. The molecule has 0 atom stereocenters. The highest BCUT2D eigenvalue weighted by Crippen LogP contribution is 2.35. The maximum atomic E-state index is 13.4. The predicted octanol–water partition coefficient (Wildman–Crippen LogP) is 5.64. The topological polar surface area (TPSA) is 85.7 Å². The van der Waals surface area contributed by atoms with Crippen molar-refractivity contribution >= 4 is 56.8 Å². The van der Waals surface area contributed by atoms with Gasteiger partial charge in [-0.05, 0) is 73.5 Å². The molecule has 0 saturated carbocycles. The second-order valence-electron chi connectivity index (χ2n) is 10.9. The Morgan fingerprint density at radius 2 is 1.48 bits per heavy atom. The van der Waals surface area contributed by atoms with Crippen LogP contribution in [-0.2, 0) is 0 Å². The summed E-state index contributed by atoms with van der Waals surface area (Å²) in [4.78, 5) is 36.2. The summed E-state index contributed by atoms with van der Waals surface area (Å²) in [5, 5.41) is 2.67. The van der Waals surface area contributed by atoms with E-state index in [0.717, 1.165) is 66.7 Å². The van der Waals surface area contributed by atoms with Gasteiger partial charge in [-0.2, -0.15) is 0 Å². The molecule has 2 aliphatic rings. The molecule has 40 heavy (non-hydrogen) atoms. The monoisotopic (exact) mass is 577 g/mol. The number of nitrogens with zero attached hydrogens (tertiary/aromatic N) is 3. The molecule has 3 N–H and O–H groups in total. The number of amides is 2. The van der Waals surface area contributed by atoms with Gasteiger partial charge in [0.15, 0.2) is 0 Å². The molecule has 4 aromatic rings. The van der Waals surface area contributed by atoms with E-state index in [1.807, 2.05) is 35.2 Å². The van der Waals surface area contributed by atoms with E-state index >= 15 is 0 Å². The standard InChI is InChI=1S/C31H33Cl2N5O2/c32-26-7-5-20(18-27(26)33)22-16-24-23-6-4-21(19-28(23)35-29(24)25(17-22)30(34)39)31(40)38-14-12-37(13-15-38)11-10-36-8-2-1-3-9-36/h4-7,16-19,35H,1-3,8-15H2,(H2,34,39). The van der Waals surface area contributed by atoms with Crippen LogP contribution in [-0.4, -0.2) is 83.9 Å². The molecule has 0 radical (unpaired) electrons. The van der Waals surface area contributed by atoms with Crippen molar-refractivity contribution in [2.45, 2.75) is 19.3 Å². The quantitative estimate of drug-likeness (QED) is 0.310. The SMILES string of the molecule is NC(=O)c1cc(-c2ccc(Cl)c(Cl)c2)cc2c1[nH]c1cc(C(=O)N3CCN(CCN4CCCCC4)CC3)ccc12. The first-order chi connectivity index (χ1) is 19.4. The number of carbonyl (C=O) groups excluding carboxylic acids is 2. The number of aromatic amines is 1. The van der Waals surface area contributed by atoms with Gasteiger partial charge < -0.3 is 20.5 Å². The Balaban J connectivity index is 1.22. The lowest BCUT2D eigenvalue weighted by Gasteiger charge is -2.36. The van der Waals surface area contributed by atoms with Crippen molar-refractivity contribution in [1.82, 2.24) is 19.7 Å². The number of halogens is 2. The van der Waals surface area contributed by atoms with Crippen molar-refractivity contribution in [3.8, 4) is 11.1 Å². The Hall–Kier alpha value is -3.10. The fourth-order valence-corrected chi connectivity index (χ4v) is 6.30. The van der Waals surface area contributed by atoms with Crippen molar-refractivity contribution in [1.29, 1.82) is 0 Å².